The van der Waals surface area contributed by atoms with E-state index in [1.807, 2.05) is 6.92 Å². The molecule has 0 aliphatic heterocycles. The van der Waals surface area contributed by atoms with Crippen molar-refractivity contribution in [2.75, 3.05) is 5.32 Å². The van der Waals surface area contributed by atoms with Crippen LogP contribution < -0.4 is 11.1 Å². The van der Waals surface area contributed by atoms with E-state index in [9.17, 15) is 9.90 Å². The largest absolute Gasteiger partial charge is 0.390 e. The van der Waals surface area contributed by atoms with Gasteiger partial charge in [0.15, 0.2) is 0 Å². The van der Waals surface area contributed by atoms with Crippen molar-refractivity contribution in [2.45, 2.75) is 70.4 Å². The summed E-state index contributed by atoms with van der Waals surface area (Å²) in [7, 11) is 0. The summed E-state index contributed by atoms with van der Waals surface area (Å²) in [5.74, 6) is 0.0930. The summed E-state index contributed by atoms with van der Waals surface area (Å²) in [6.45, 7) is 3.69. The molecule has 22 heavy (non-hydrogen) atoms. The van der Waals surface area contributed by atoms with Crippen LogP contribution in [0.3, 0.4) is 0 Å². The molecule has 3 rings (SSSR count). The number of aryl methyl sites for hydroxylation is 1. The molecule has 1 aromatic heterocycles. The van der Waals surface area contributed by atoms with Crippen molar-refractivity contribution in [2.24, 2.45) is 5.73 Å². The standard InChI is InChI=1S/C9H12N4O.C7H14O/c1-5-7(8(10)14)4-11-9(12-5)13-6-2-3-6;1-7(8)5-3-2-4-6-7/h4,6H,2-3H2,1H3,(H2,10,14)(H,11,12,13);8H,2-6H2,1H3. The predicted molar refractivity (Wildman–Crippen MR) is 85.6 cm³/mol. The summed E-state index contributed by atoms with van der Waals surface area (Å²) in [4.78, 5) is 19.1. The molecule has 4 N–H and O–H groups in total. The molecule has 2 saturated carbocycles. The third-order valence-corrected chi connectivity index (χ3v) is 4.09. The first-order valence-electron chi connectivity index (χ1n) is 8.00. The Morgan fingerprint density at radius 2 is 2.00 bits per heavy atom. The molecular weight excluding hydrogens is 280 g/mol. The van der Waals surface area contributed by atoms with Crippen LogP contribution in [0.15, 0.2) is 6.20 Å². The van der Waals surface area contributed by atoms with Gasteiger partial charge in [-0.05, 0) is 39.5 Å². The SMILES string of the molecule is CC1(O)CCCCC1.Cc1nc(NC2CC2)ncc1C(N)=O. The number of aliphatic hydroxyl groups is 1. The lowest BCUT2D eigenvalue weighted by atomic mass is 9.87. The van der Waals surface area contributed by atoms with E-state index in [0.29, 0.717) is 23.2 Å². The lowest BCUT2D eigenvalue weighted by Crippen LogP contribution is -2.26. The van der Waals surface area contributed by atoms with Gasteiger partial charge in [-0.15, -0.1) is 0 Å². The summed E-state index contributed by atoms with van der Waals surface area (Å²) in [5, 5.41) is 12.5. The van der Waals surface area contributed by atoms with Gasteiger partial charge < -0.3 is 16.2 Å². The van der Waals surface area contributed by atoms with Crippen LogP contribution in [0.4, 0.5) is 5.95 Å². The van der Waals surface area contributed by atoms with Gasteiger partial charge in [0.1, 0.15) is 0 Å². The van der Waals surface area contributed by atoms with Crippen molar-refractivity contribution in [3.63, 3.8) is 0 Å². The smallest absolute Gasteiger partial charge is 0.252 e. The maximum absolute atomic E-state index is 10.9. The Bertz CT molecular complexity index is 519. The third kappa shape index (κ3) is 5.26. The van der Waals surface area contributed by atoms with E-state index in [0.717, 1.165) is 12.8 Å². The zero-order chi connectivity index (χ0) is 16.2. The van der Waals surface area contributed by atoms with Crippen molar-refractivity contribution in [1.29, 1.82) is 0 Å². The number of nitrogens with one attached hydrogen (secondary N) is 1. The average molecular weight is 306 g/mol. The minimum atomic E-state index is -0.486. The molecule has 0 bridgehead atoms. The lowest BCUT2D eigenvalue weighted by molar-refractivity contribution is 0.0225. The van der Waals surface area contributed by atoms with Crippen LogP contribution in [0.5, 0.6) is 0 Å². The molecule has 0 unspecified atom stereocenters. The first kappa shape index (κ1) is 16.7. The van der Waals surface area contributed by atoms with Crippen molar-refractivity contribution in [1.82, 2.24) is 9.97 Å². The second kappa shape index (κ2) is 7.05. The van der Waals surface area contributed by atoms with Crippen LogP contribution in [-0.4, -0.2) is 32.6 Å². The van der Waals surface area contributed by atoms with Crippen LogP contribution in [-0.2, 0) is 0 Å². The fourth-order valence-electron chi connectivity index (χ4n) is 2.50. The highest BCUT2D eigenvalue weighted by Gasteiger charge is 2.22. The van der Waals surface area contributed by atoms with Gasteiger partial charge >= 0.3 is 0 Å². The molecule has 1 heterocycles. The number of hydrogen-bond acceptors (Lipinski definition) is 5. The minimum absolute atomic E-state index is 0.321. The highest BCUT2D eigenvalue weighted by atomic mass is 16.3. The van der Waals surface area contributed by atoms with E-state index in [4.69, 9.17) is 5.73 Å². The van der Waals surface area contributed by atoms with E-state index in [-0.39, 0.29) is 5.60 Å². The van der Waals surface area contributed by atoms with Gasteiger partial charge in [0, 0.05) is 12.2 Å². The number of aromatic nitrogens is 2. The lowest BCUT2D eigenvalue weighted by Gasteiger charge is -2.27. The van der Waals surface area contributed by atoms with Crippen molar-refractivity contribution in [3.8, 4) is 0 Å². The first-order chi connectivity index (χ1) is 10.4. The summed E-state index contributed by atoms with van der Waals surface area (Å²) in [6, 6.07) is 0.508. The highest BCUT2D eigenvalue weighted by Crippen LogP contribution is 2.26. The Hall–Kier alpha value is -1.69. The summed E-state index contributed by atoms with van der Waals surface area (Å²) in [6.07, 6.45) is 9.56. The van der Waals surface area contributed by atoms with Crippen LogP contribution in [0.2, 0.25) is 0 Å². The van der Waals surface area contributed by atoms with Crippen LogP contribution in [0.25, 0.3) is 0 Å². The number of rotatable bonds is 3. The zero-order valence-corrected chi connectivity index (χ0v) is 13.4. The molecule has 6 heteroatoms. The molecule has 0 saturated heterocycles. The maximum Gasteiger partial charge on any atom is 0.252 e. The fraction of sp³-hybridized carbons (Fsp3) is 0.688. The molecule has 2 aliphatic rings. The van der Waals surface area contributed by atoms with Gasteiger partial charge in [-0.2, -0.15) is 0 Å². The molecule has 0 aromatic carbocycles. The quantitative estimate of drug-likeness (QED) is 0.794. The maximum atomic E-state index is 10.9. The predicted octanol–water partition coefficient (Wildman–Crippen LogP) is 2.16. The summed E-state index contributed by atoms with van der Waals surface area (Å²) >= 11 is 0. The van der Waals surface area contributed by atoms with Crippen LogP contribution in [0.1, 0.15) is 67.9 Å². The summed E-state index contributed by atoms with van der Waals surface area (Å²) in [5.41, 5.74) is 5.82. The normalized spacial score (nSPS) is 19.8. The number of primary amides is 1. The van der Waals surface area contributed by atoms with E-state index >= 15 is 0 Å². The Kier molecular flexibility index (Phi) is 5.34. The fourth-order valence-corrected chi connectivity index (χ4v) is 2.50. The highest BCUT2D eigenvalue weighted by molar-refractivity contribution is 5.93. The monoisotopic (exact) mass is 306 g/mol. The van der Waals surface area contributed by atoms with Gasteiger partial charge in [-0.1, -0.05) is 19.3 Å². The van der Waals surface area contributed by atoms with Crippen molar-refractivity contribution < 1.29 is 9.90 Å². The number of hydrogen-bond donors (Lipinski definition) is 3. The zero-order valence-electron chi connectivity index (χ0n) is 13.4. The Balaban J connectivity index is 0.000000188. The summed E-state index contributed by atoms with van der Waals surface area (Å²) < 4.78 is 0. The third-order valence-electron chi connectivity index (χ3n) is 4.09. The molecule has 122 valence electrons. The molecule has 0 atom stereocenters. The van der Waals surface area contributed by atoms with E-state index in [2.05, 4.69) is 15.3 Å². The molecular formula is C16H26N4O2. The number of amides is 1. The van der Waals surface area contributed by atoms with Gasteiger partial charge in [0.05, 0.1) is 16.9 Å². The molecule has 1 amide bonds. The number of nitrogens with two attached hydrogens (primary N) is 1. The van der Waals surface area contributed by atoms with E-state index in [1.54, 1.807) is 6.92 Å². The molecule has 0 spiro atoms. The number of anilines is 1. The van der Waals surface area contributed by atoms with Crippen molar-refractivity contribution in [3.05, 3.63) is 17.5 Å². The Morgan fingerprint density at radius 1 is 1.36 bits per heavy atom. The van der Waals surface area contributed by atoms with Crippen LogP contribution >= 0.6 is 0 Å². The molecule has 2 fully saturated rings. The average Bonchev–Trinajstić information content (AvgIpc) is 3.23. The van der Waals surface area contributed by atoms with Gasteiger partial charge in [0.2, 0.25) is 5.95 Å². The van der Waals surface area contributed by atoms with Gasteiger partial charge in [-0.25, -0.2) is 9.97 Å². The molecule has 6 nitrogen and oxygen atoms in total. The number of nitrogens with zero attached hydrogens (tertiary/aromatic N) is 2. The first-order valence-corrected chi connectivity index (χ1v) is 8.00. The molecule has 1 aromatic rings. The van der Waals surface area contributed by atoms with Gasteiger partial charge in [-0.3, -0.25) is 4.79 Å². The molecule has 2 aliphatic carbocycles. The second-order valence-corrected chi connectivity index (χ2v) is 6.53. The topological polar surface area (TPSA) is 101 Å². The van der Waals surface area contributed by atoms with Crippen molar-refractivity contribution >= 4 is 11.9 Å². The number of carbonyl (C=O) groups is 1. The van der Waals surface area contributed by atoms with E-state index < -0.39 is 5.91 Å². The molecule has 0 radical (unpaired) electrons. The Morgan fingerprint density at radius 3 is 2.41 bits per heavy atom. The van der Waals surface area contributed by atoms with Crippen LogP contribution in [0, 0.1) is 6.92 Å². The van der Waals surface area contributed by atoms with E-state index in [1.165, 1.54) is 38.3 Å². The minimum Gasteiger partial charge on any atom is -0.390 e. The number of carbonyl (C=O) groups excluding carboxylic acids is 1. The Labute approximate surface area is 131 Å². The second-order valence-electron chi connectivity index (χ2n) is 6.53. The van der Waals surface area contributed by atoms with Gasteiger partial charge in [0.25, 0.3) is 5.91 Å².